The van der Waals surface area contributed by atoms with Crippen molar-refractivity contribution in [3.05, 3.63) is 75.2 Å². The molecule has 0 amide bonds. The van der Waals surface area contributed by atoms with Crippen molar-refractivity contribution < 1.29 is 14.3 Å². The smallest absolute Gasteiger partial charge is 0.359 e. The molecule has 1 aromatic heterocycles. The number of fused-ring (bicyclic) bond motifs is 1. The van der Waals surface area contributed by atoms with Crippen molar-refractivity contribution in [2.45, 2.75) is 46.6 Å². The molecule has 0 aliphatic heterocycles. The van der Waals surface area contributed by atoms with E-state index in [1.165, 1.54) is 4.68 Å². The molecule has 0 fully saturated rings. The second-order valence-electron chi connectivity index (χ2n) is 7.45. The molecule has 0 saturated carbocycles. The number of benzene rings is 2. The van der Waals surface area contributed by atoms with E-state index in [2.05, 4.69) is 12.0 Å². The molecule has 2 aromatic carbocycles. The molecule has 6 nitrogen and oxygen atoms in total. The maximum Gasteiger partial charge on any atom is 0.359 e. The number of carbonyl (C=O) groups excluding carboxylic acids is 2. The van der Waals surface area contributed by atoms with Gasteiger partial charge in [-0.05, 0) is 38.0 Å². The Kier molecular flexibility index (Phi) is 6.77. The zero-order valence-corrected chi connectivity index (χ0v) is 17.6. The van der Waals surface area contributed by atoms with Crippen LogP contribution in [0.2, 0.25) is 0 Å². The number of aryl methyl sites for hydroxylation is 3. The van der Waals surface area contributed by atoms with Crippen LogP contribution >= 0.6 is 0 Å². The molecule has 0 spiro atoms. The zero-order valence-electron chi connectivity index (χ0n) is 17.6. The Morgan fingerprint density at radius 2 is 1.77 bits per heavy atom. The second kappa shape index (κ2) is 9.48. The van der Waals surface area contributed by atoms with Crippen molar-refractivity contribution in [3.63, 3.8) is 0 Å². The summed E-state index contributed by atoms with van der Waals surface area (Å²) in [7, 11) is 0. The van der Waals surface area contributed by atoms with Gasteiger partial charge in [-0.2, -0.15) is 5.10 Å². The number of ketones is 1. The lowest BCUT2D eigenvalue weighted by atomic mass is 10.0. The molecule has 0 aliphatic carbocycles. The van der Waals surface area contributed by atoms with E-state index in [1.54, 1.807) is 30.3 Å². The van der Waals surface area contributed by atoms with Crippen LogP contribution < -0.4 is 5.56 Å². The van der Waals surface area contributed by atoms with Gasteiger partial charge in [-0.25, -0.2) is 9.48 Å². The Morgan fingerprint density at radius 1 is 1.03 bits per heavy atom. The molecule has 30 heavy (non-hydrogen) atoms. The minimum absolute atomic E-state index is 0.0514. The molecule has 1 heterocycles. The molecule has 3 rings (SSSR count). The van der Waals surface area contributed by atoms with Gasteiger partial charge >= 0.3 is 5.97 Å². The van der Waals surface area contributed by atoms with Gasteiger partial charge in [0.05, 0.1) is 5.39 Å². The first-order valence-corrected chi connectivity index (χ1v) is 10.2. The van der Waals surface area contributed by atoms with E-state index < -0.39 is 5.97 Å². The topological polar surface area (TPSA) is 78.3 Å². The maximum absolute atomic E-state index is 12.8. The third kappa shape index (κ3) is 4.64. The number of Topliss-reactive ketones (excluding diaryl/α,β-unsaturated/α-hetero) is 1. The average molecular weight is 406 g/mol. The molecule has 156 valence electrons. The number of carbonyl (C=O) groups is 2. The minimum Gasteiger partial charge on any atom is -0.452 e. The number of nitrogens with zero attached hydrogens (tertiary/aromatic N) is 2. The summed E-state index contributed by atoms with van der Waals surface area (Å²) in [6.07, 6.45) is 2.77. The van der Waals surface area contributed by atoms with Gasteiger partial charge in [0.15, 0.2) is 12.3 Å². The standard InChI is InChI=1S/C24H26N2O4/c1-4-5-8-13-26-23(28)19-10-7-6-9-18(19)22(25-26)24(29)30-15-21(27)20-14-16(2)11-12-17(20)3/h6-7,9-12,14H,4-5,8,13,15H2,1-3H3. The van der Waals surface area contributed by atoms with Crippen LogP contribution in [-0.2, 0) is 11.3 Å². The average Bonchev–Trinajstić information content (AvgIpc) is 2.75. The predicted molar refractivity (Wildman–Crippen MR) is 116 cm³/mol. The summed E-state index contributed by atoms with van der Waals surface area (Å²) in [4.78, 5) is 38.1. The summed E-state index contributed by atoms with van der Waals surface area (Å²) >= 11 is 0. The SMILES string of the molecule is CCCCCn1nc(C(=O)OCC(=O)c2cc(C)ccc2C)c2ccccc2c1=O. The molecule has 0 atom stereocenters. The van der Waals surface area contributed by atoms with E-state index in [1.807, 2.05) is 26.0 Å². The summed E-state index contributed by atoms with van der Waals surface area (Å²) < 4.78 is 6.62. The van der Waals surface area contributed by atoms with Gasteiger partial charge < -0.3 is 4.74 Å². The highest BCUT2D eigenvalue weighted by Crippen LogP contribution is 2.16. The molecule has 0 bridgehead atoms. The monoisotopic (exact) mass is 406 g/mol. The van der Waals surface area contributed by atoms with Crippen molar-refractivity contribution in [3.8, 4) is 0 Å². The van der Waals surface area contributed by atoms with Gasteiger partial charge in [0.2, 0.25) is 5.78 Å². The first-order valence-electron chi connectivity index (χ1n) is 10.2. The fourth-order valence-electron chi connectivity index (χ4n) is 3.36. The van der Waals surface area contributed by atoms with E-state index in [-0.39, 0.29) is 23.6 Å². The van der Waals surface area contributed by atoms with E-state index in [0.717, 1.165) is 30.4 Å². The van der Waals surface area contributed by atoms with Crippen LogP contribution in [0, 0.1) is 13.8 Å². The van der Waals surface area contributed by atoms with Gasteiger partial charge in [-0.3, -0.25) is 9.59 Å². The molecular formula is C24H26N2O4. The predicted octanol–water partition coefficient (Wildman–Crippen LogP) is 4.24. The lowest BCUT2D eigenvalue weighted by Crippen LogP contribution is -2.27. The van der Waals surface area contributed by atoms with Crippen LogP contribution in [0.1, 0.15) is 58.2 Å². The quantitative estimate of drug-likeness (QED) is 0.318. The first-order chi connectivity index (χ1) is 14.4. The molecule has 0 radical (unpaired) electrons. The lowest BCUT2D eigenvalue weighted by molar-refractivity contribution is 0.0468. The molecule has 0 unspecified atom stereocenters. The second-order valence-corrected chi connectivity index (χ2v) is 7.45. The Hall–Kier alpha value is -3.28. The van der Waals surface area contributed by atoms with Crippen molar-refractivity contribution in [1.29, 1.82) is 0 Å². The third-order valence-electron chi connectivity index (χ3n) is 5.06. The summed E-state index contributed by atoms with van der Waals surface area (Å²) in [5.74, 6) is -0.987. The Balaban J connectivity index is 1.86. The molecule has 0 aliphatic rings. The van der Waals surface area contributed by atoms with Crippen LogP contribution in [0.5, 0.6) is 0 Å². The van der Waals surface area contributed by atoms with E-state index in [0.29, 0.717) is 22.9 Å². The molecule has 0 N–H and O–H groups in total. The van der Waals surface area contributed by atoms with Gasteiger partial charge in [0.25, 0.3) is 5.56 Å². The van der Waals surface area contributed by atoms with Crippen LogP contribution in [0.15, 0.2) is 47.3 Å². The number of rotatable bonds is 8. The normalized spacial score (nSPS) is 10.9. The number of esters is 1. The highest BCUT2D eigenvalue weighted by Gasteiger charge is 2.20. The Bertz CT molecular complexity index is 1150. The highest BCUT2D eigenvalue weighted by atomic mass is 16.5. The van der Waals surface area contributed by atoms with Crippen LogP contribution in [0.25, 0.3) is 10.8 Å². The Labute approximate surface area is 175 Å². The van der Waals surface area contributed by atoms with Crippen molar-refractivity contribution in [2.75, 3.05) is 6.61 Å². The number of hydrogen-bond acceptors (Lipinski definition) is 5. The maximum atomic E-state index is 12.8. The lowest BCUT2D eigenvalue weighted by Gasteiger charge is -2.11. The van der Waals surface area contributed by atoms with E-state index in [4.69, 9.17) is 4.74 Å². The van der Waals surface area contributed by atoms with Crippen LogP contribution in [0.4, 0.5) is 0 Å². The van der Waals surface area contributed by atoms with Crippen LogP contribution in [0.3, 0.4) is 0 Å². The van der Waals surface area contributed by atoms with E-state index in [9.17, 15) is 14.4 Å². The van der Waals surface area contributed by atoms with Crippen molar-refractivity contribution in [1.82, 2.24) is 9.78 Å². The first kappa shape index (κ1) is 21.4. The van der Waals surface area contributed by atoms with Crippen molar-refractivity contribution in [2.24, 2.45) is 0 Å². The van der Waals surface area contributed by atoms with E-state index >= 15 is 0 Å². The summed E-state index contributed by atoms with van der Waals surface area (Å²) in [5, 5.41) is 5.12. The summed E-state index contributed by atoms with van der Waals surface area (Å²) in [5.41, 5.74) is 2.14. The van der Waals surface area contributed by atoms with Crippen LogP contribution in [-0.4, -0.2) is 28.1 Å². The summed E-state index contributed by atoms with van der Waals surface area (Å²) in [6.45, 7) is 5.87. The number of ether oxygens (including phenoxy) is 1. The molecular weight excluding hydrogens is 380 g/mol. The largest absolute Gasteiger partial charge is 0.452 e. The number of hydrogen-bond donors (Lipinski definition) is 0. The molecule has 0 saturated heterocycles. The summed E-state index contributed by atoms with van der Waals surface area (Å²) in [6, 6.07) is 12.4. The fourth-order valence-corrected chi connectivity index (χ4v) is 3.36. The van der Waals surface area contributed by atoms with Gasteiger partial charge in [0.1, 0.15) is 0 Å². The van der Waals surface area contributed by atoms with Gasteiger partial charge in [0, 0.05) is 17.5 Å². The third-order valence-corrected chi connectivity index (χ3v) is 5.06. The molecule has 6 heteroatoms. The molecule has 3 aromatic rings. The minimum atomic E-state index is -0.714. The van der Waals surface area contributed by atoms with Gasteiger partial charge in [-0.15, -0.1) is 0 Å². The fraction of sp³-hybridized carbons (Fsp3) is 0.333. The number of aromatic nitrogens is 2. The van der Waals surface area contributed by atoms with Gasteiger partial charge in [-0.1, -0.05) is 55.7 Å². The number of unbranched alkanes of at least 4 members (excludes halogenated alkanes) is 2. The van der Waals surface area contributed by atoms with Crippen molar-refractivity contribution >= 4 is 22.5 Å². The Morgan fingerprint density at radius 3 is 2.50 bits per heavy atom. The highest BCUT2D eigenvalue weighted by molar-refractivity contribution is 6.04. The zero-order chi connectivity index (χ0) is 21.7.